The van der Waals surface area contributed by atoms with Gasteiger partial charge in [-0.05, 0) is 28.1 Å². The number of carboxylic acids is 1. The molecule has 0 saturated carbocycles. The van der Waals surface area contributed by atoms with Crippen molar-refractivity contribution in [1.29, 1.82) is 0 Å². The highest BCUT2D eigenvalue weighted by Gasteiger charge is 2.39. The van der Waals surface area contributed by atoms with E-state index in [1.54, 1.807) is 0 Å². The molecule has 0 bridgehead atoms. The molecule has 1 aliphatic rings. The number of aliphatic hydroxyl groups excluding tert-OH is 1. The van der Waals surface area contributed by atoms with Gasteiger partial charge >= 0.3 is 12.0 Å². The van der Waals surface area contributed by atoms with Gasteiger partial charge in [-0.3, -0.25) is 0 Å². The van der Waals surface area contributed by atoms with Crippen LogP contribution in [0.15, 0.2) is 16.6 Å². The van der Waals surface area contributed by atoms with Crippen molar-refractivity contribution < 1.29 is 24.2 Å². The van der Waals surface area contributed by atoms with Crippen LogP contribution in [-0.2, 0) is 4.79 Å². The van der Waals surface area contributed by atoms with Crippen LogP contribution in [0.1, 0.15) is 6.42 Å². The molecule has 1 unspecified atom stereocenters. The second kappa shape index (κ2) is 6.17. The van der Waals surface area contributed by atoms with E-state index >= 15 is 0 Å². The number of nitrogens with zero attached hydrogens (tertiary/aromatic N) is 1. The van der Waals surface area contributed by atoms with E-state index in [0.717, 1.165) is 17.0 Å². The molecule has 1 fully saturated rings. The molecule has 2 rings (SSSR count). The number of carboxylic acid groups (broad SMARTS) is 1. The Labute approximate surface area is 132 Å². The summed E-state index contributed by atoms with van der Waals surface area (Å²) in [5.74, 6) is -1.78. The number of benzene rings is 1. The molecule has 2 amide bonds. The lowest BCUT2D eigenvalue weighted by Gasteiger charge is -2.22. The van der Waals surface area contributed by atoms with Gasteiger partial charge < -0.3 is 20.4 Å². The van der Waals surface area contributed by atoms with Gasteiger partial charge in [-0.1, -0.05) is 11.6 Å². The Morgan fingerprint density at radius 2 is 2.14 bits per heavy atom. The highest BCUT2D eigenvalue weighted by atomic mass is 79.9. The Morgan fingerprint density at radius 1 is 1.48 bits per heavy atom. The van der Waals surface area contributed by atoms with Crippen LogP contribution in [0.2, 0.25) is 5.02 Å². The smallest absolute Gasteiger partial charge is 0.326 e. The molecule has 1 heterocycles. The van der Waals surface area contributed by atoms with E-state index < -0.39 is 30.0 Å². The molecule has 3 N–H and O–H groups in total. The number of halogens is 3. The average molecular weight is 382 g/mol. The summed E-state index contributed by atoms with van der Waals surface area (Å²) in [5.41, 5.74) is 0.133. The van der Waals surface area contributed by atoms with Gasteiger partial charge in [-0.25, -0.2) is 14.0 Å². The molecule has 114 valence electrons. The Balaban J connectivity index is 2.20. The van der Waals surface area contributed by atoms with Crippen LogP contribution >= 0.6 is 27.5 Å². The average Bonchev–Trinajstić information content (AvgIpc) is 2.76. The number of β-amino-alcohol motifs (C(OH)–C–C–N with tert-alkyl or cyclic N) is 1. The van der Waals surface area contributed by atoms with Crippen molar-refractivity contribution >= 4 is 45.2 Å². The molecule has 21 heavy (non-hydrogen) atoms. The van der Waals surface area contributed by atoms with Gasteiger partial charge in [0.05, 0.1) is 16.8 Å². The molecule has 0 radical (unpaired) electrons. The van der Waals surface area contributed by atoms with Gasteiger partial charge in [0.2, 0.25) is 0 Å². The fourth-order valence-corrected chi connectivity index (χ4v) is 3.01. The lowest BCUT2D eigenvalue weighted by Crippen LogP contribution is -2.43. The van der Waals surface area contributed by atoms with Crippen molar-refractivity contribution in [3.8, 4) is 0 Å². The molecule has 6 nitrogen and oxygen atoms in total. The van der Waals surface area contributed by atoms with Crippen LogP contribution in [0, 0.1) is 5.82 Å². The maximum atomic E-state index is 13.1. The summed E-state index contributed by atoms with van der Waals surface area (Å²) >= 11 is 8.91. The van der Waals surface area contributed by atoms with Crippen molar-refractivity contribution in [3.05, 3.63) is 27.4 Å². The van der Waals surface area contributed by atoms with E-state index in [4.69, 9.17) is 16.7 Å². The normalized spacial score (nSPS) is 21.4. The lowest BCUT2D eigenvalue weighted by molar-refractivity contribution is -0.141. The SMILES string of the molecule is O=C(O)[C@@H]1CC(O)CN1C(=O)Nc1c(Cl)cc(F)cc1Br. The van der Waals surface area contributed by atoms with Crippen molar-refractivity contribution in [2.75, 3.05) is 11.9 Å². The van der Waals surface area contributed by atoms with Crippen LogP contribution in [0.4, 0.5) is 14.9 Å². The third-order valence-corrected chi connectivity index (χ3v) is 3.99. The molecule has 2 atom stereocenters. The molecular formula is C12H11BrClFN2O4. The quantitative estimate of drug-likeness (QED) is 0.733. The second-order valence-corrected chi connectivity index (χ2v) is 5.83. The van der Waals surface area contributed by atoms with Crippen molar-refractivity contribution in [2.45, 2.75) is 18.6 Å². The first-order valence-electron chi connectivity index (χ1n) is 5.92. The molecule has 1 aliphatic heterocycles. The number of amides is 2. The van der Waals surface area contributed by atoms with E-state index in [1.165, 1.54) is 0 Å². The number of rotatable bonds is 2. The molecular weight excluding hydrogens is 370 g/mol. The molecule has 0 aromatic heterocycles. The largest absolute Gasteiger partial charge is 0.480 e. The molecule has 1 aromatic carbocycles. The van der Waals surface area contributed by atoms with Crippen LogP contribution in [0.5, 0.6) is 0 Å². The summed E-state index contributed by atoms with van der Waals surface area (Å²) in [5, 5.41) is 20.9. The minimum absolute atomic E-state index is 0.0261. The molecule has 1 aromatic rings. The highest BCUT2D eigenvalue weighted by molar-refractivity contribution is 9.10. The molecule has 1 saturated heterocycles. The van der Waals surface area contributed by atoms with Gasteiger partial charge in [-0.2, -0.15) is 0 Å². The number of aliphatic hydroxyl groups is 1. The summed E-state index contributed by atoms with van der Waals surface area (Å²) < 4.78 is 13.3. The second-order valence-electron chi connectivity index (χ2n) is 4.57. The predicted molar refractivity (Wildman–Crippen MR) is 76.9 cm³/mol. The third-order valence-electron chi connectivity index (χ3n) is 3.06. The van der Waals surface area contributed by atoms with Crippen LogP contribution < -0.4 is 5.32 Å². The third kappa shape index (κ3) is 3.45. The van der Waals surface area contributed by atoms with E-state index in [0.29, 0.717) is 0 Å². The fourth-order valence-electron chi connectivity index (χ4n) is 2.11. The number of carbonyl (C=O) groups is 2. The molecule has 9 heteroatoms. The number of likely N-dealkylation sites (tertiary alicyclic amines) is 1. The molecule has 0 spiro atoms. The van der Waals surface area contributed by atoms with Crippen LogP contribution in [0.25, 0.3) is 0 Å². The van der Waals surface area contributed by atoms with Crippen molar-refractivity contribution in [1.82, 2.24) is 4.90 Å². The van der Waals surface area contributed by atoms with E-state index in [2.05, 4.69) is 21.2 Å². The van der Waals surface area contributed by atoms with Gasteiger partial charge in [0, 0.05) is 17.4 Å². The topological polar surface area (TPSA) is 89.9 Å². The summed E-state index contributed by atoms with van der Waals surface area (Å²) in [6.45, 7) is -0.0980. The number of nitrogens with one attached hydrogen (secondary N) is 1. The molecule has 0 aliphatic carbocycles. The predicted octanol–water partition coefficient (Wildman–Crippen LogP) is 2.29. The first-order chi connectivity index (χ1) is 9.79. The minimum atomic E-state index is -1.20. The number of anilines is 1. The zero-order chi connectivity index (χ0) is 15.7. The standard InChI is InChI=1S/C12H11BrClFN2O4/c13-7-1-5(15)2-8(14)10(7)16-12(21)17-4-6(18)3-9(17)11(19)20/h1-2,6,9,18H,3-4H2,(H,16,21)(H,19,20)/t6?,9-/m0/s1. The fraction of sp³-hybridized carbons (Fsp3) is 0.333. The maximum absolute atomic E-state index is 13.1. The Morgan fingerprint density at radius 3 is 2.71 bits per heavy atom. The highest BCUT2D eigenvalue weighted by Crippen LogP contribution is 2.32. The zero-order valence-corrected chi connectivity index (χ0v) is 12.9. The Bertz CT molecular complexity index is 578. The monoisotopic (exact) mass is 380 g/mol. The van der Waals surface area contributed by atoms with Crippen molar-refractivity contribution in [2.24, 2.45) is 0 Å². The minimum Gasteiger partial charge on any atom is -0.480 e. The van der Waals surface area contributed by atoms with Crippen LogP contribution in [-0.4, -0.2) is 45.8 Å². The van der Waals surface area contributed by atoms with Crippen molar-refractivity contribution in [3.63, 3.8) is 0 Å². The van der Waals surface area contributed by atoms with Crippen LogP contribution in [0.3, 0.4) is 0 Å². The van der Waals surface area contributed by atoms with E-state index in [9.17, 15) is 19.1 Å². The summed E-state index contributed by atoms with van der Waals surface area (Å²) in [6, 6.07) is 0.302. The lowest BCUT2D eigenvalue weighted by atomic mass is 10.2. The number of hydrogen-bond donors (Lipinski definition) is 3. The summed E-state index contributed by atoms with van der Waals surface area (Å²) in [4.78, 5) is 24.2. The van der Waals surface area contributed by atoms with E-state index in [1.807, 2.05) is 0 Å². The summed E-state index contributed by atoms with van der Waals surface area (Å²) in [7, 11) is 0. The number of aliphatic carboxylic acids is 1. The first kappa shape index (κ1) is 16.0. The van der Waals surface area contributed by atoms with E-state index in [-0.39, 0.29) is 28.1 Å². The van der Waals surface area contributed by atoms with Gasteiger partial charge in [0.1, 0.15) is 11.9 Å². The van der Waals surface area contributed by atoms with Gasteiger partial charge in [0.15, 0.2) is 0 Å². The van der Waals surface area contributed by atoms with Gasteiger partial charge in [-0.15, -0.1) is 0 Å². The maximum Gasteiger partial charge on any atom is 0.326 e. The number of urea groups is 1. The first-order valence-corrected chi connectivity index (χ1v) is 7.09. The summed E-state index contributed by atoms with van der Waals surface area (Å²) in [6.07, 6.45) is -0.940. The Hall–Kier alpha value is -1.38. The number of carbonyl (C=O) groups excluding carboxylic acids is 1. The zero-order valence-electron chi connectivity index (χ0n) is 10.5. The number of hydrogen-bond acceptors (Lipinski definition) is 3. The van der Waals surface area contributed by atoms with Gasteiger partial charge in [0.25, 0.3) is 0 Å². The Kier molecular flexibility index (Phi) is 4.70.